The normalized spacial score (nSPS) is 27.2. The number of carbonyl (C=O) groups excluding carboxylic acids is 3. The lowest BCUT2D eigenvalue weighted by Crippen LogP contribution is -2.65. The smallest absolute Gasteiger partial charge is 0.255 e. The van der Waals surface area contributed by atoms with E-state index in [1.807, 2.05) is 31.1 Å². The number of nitrogens with two attached hydrogens (primary N) is 1. The first kappa shape index (κ1) is 29.6. The number of benzene rings is 1. The van der Waals surface area contributed by atoms with Crippen molar-refractivity contribution >= 4 is 34.5 Å². The van der Waals surface area contributed by atoms with Gasteiger partial charge in [-0.15, -0.1) is 0 Å². The summed E-state index contributed by atoms with van der Waals surface area (Å²) in [6.45, 7) is 4.28. The Balaban J connectivity index is 1.69. The van der Waals surface area contributed by atoms with Crippen molar-refractivity contribution in [3.8, 4) is 5.75 Å². The number of aliphatic hydroxyl groups excluding tert-OH is 2. The first-order valence-corrected chi connectivity index (χ1v) is 14.2. The van der Waals surface area contributed by atoms with Gasteiger partial charge in [0.1, 0.15) is 22.8 Å². The highest BCUT2D eigenvalue weighted by Gasteiger charge is 2.64. The number of fused-ring (bicyclic) bond motifs is 3. The van der Waals surface area contributed by atoms with Crippen LogP contribution in [0.1, 0.15) is 49.8 Å². The molecule has 0 aliphatic heterocycles. The second-order valence-electron chi connectivity index (χ2n) is 12.8. The van der Waals surface area contributed by atoms with Crippen LogP contribution in [0.25, 0.3) is 11.3 Å². The van der Waals surface area contributed by atoms with Crippen molar-refractivity contribution in [2.75, 3.05) is 33.1 Å². The molecule has 4 aliphatic rings. The van der Waals surface area contributed by atoms with Gasteiger partial charge in [0.05, 0.1) is 11.6 Å². The zero-order valence-electron chi connectivity index (χ0n) is 24.9. The van der Waals surface area contributed by atoms with Crippen LogP contribution in [-0.2, 0) is 20.8 Å². The van der Waals surface area contributed by atoms with E-state index in [-0.39, 0.29) is 29.7 Å². The molecular weight excluding hydrogens is 538 g/mol. The molecular formula is C32H39N3O7. The zero-order valence-corrected chi connectivity index (χ0v) is 24.9. The number of aromatic hydroxyl groups is 1. The Hall–Kier alpha value is -3.89. The predicted octanol–water partition coefficient (Wildman–Crippen LogP) is 2.79. The fourth-order valence-electron chi connectivity index (χ4n) is 7.37. The van der Waals surface area contributed by atoms with Crippen LogP contribution >= 0.6 is 0 Å². The minimum absolute atomic E-state index is 0.0504. The van der Waals surface area contributed by atoms with Crippen molar-refractivity contribution in [2.24, 2.45) is 23.5 Å². The average molecular weight is 578 g/mol. The summed E-state index contributed by atoms with van der Waals surface area (Å²) in [5.74, 6) is -6.05. The Morgan fingerprint density at radius 3 is 2.36 bits per heavy atom. The number of carbonyl (C=O) groups is 3. The van der Waals surface area contributed by atoms with Crippen LogP contribution in [0.5, 0.6) is 5.75 Å². The molecule has 4 atom stereocenters. The van der Waals surface area contributed by atoms with Crippen LogP contribution in [0.3, 0.4) is 0 Å². The molecule has 6 N–H and O–H groups in total. The standard InChI is InChI=1S/C32H39N3O7/c1-14(2)9-15-7-8-16(10-15)18-13-21(34(3)4)19-11-17-12-20-25(35(5)6)28(38)24(31(33)41)30(40)32(20,42)29(39)22(17)27(37)23(19)26(18)36/h7-8,13-14,17,20,25,36-37,40,42H,9-12H2,1-6H3,(H2,33,41)/t17-,20-,25-,32-/m0/s1. The van der Waals surface area contributed by atoms with Gasteiger partial charge in [-0.3, -0.25) is 19.3 Å². The van der Waals surface area contributed by atoms with Crippen LogP contribution in [-0.4, -0.2) is 82.6 Å². The molecule has 1 saturated carbocycles. The number of primary amides is 1. The number of amides is 1. The minimum Gasteiger partial charge on any atom is -0.508 e. The zero-order chi connectivity index (χ0) is 31.0. The highest BCUT2D eigenvalue weighted by molar-refractivity contribution is 6.24. The number of likely N-dealkylation sites (N-methyl/N-ethyl adjacent to an activating group) is 1. The molecule has 10 heteroatoms. The van der Waals surface area contributed by atoms with E-state index < -0.39 is 58.0 Å². The van der Waals surface area contributed by atoms with Crippen LogP contribution in [0, 0.1) is 17.8 Å². The molecule has 4 aliphatic carbocycles. The third-order valence-electron chi connectivity index (χ3n) is 9.13. The van der Waals surface area contributed by atoms with E-state index in [2.05, 4.69) is 19.9 Å². The van der Waals surface area contributed by atoms with Crippen molar-refractivity contribution in [3.05, 3.63) is 57.4 Å². The summed E-state index contributed by atoms with van der Waals surface area (Å²) < 4.78 is 0. The van der Waals surface area contributed by atoms with Crippen LogP contribution < -0.4 is 10.6 Å². The monoisotopic (exact) mass is 577 g/mol. The summed E-state index contributed by atoms with van der Waals surface area (Å²) in [4.78, 5) is 43.0. The number of hydrogen-bond donors (Lipinski definition) is 5. The Morgan fingerprint density at radius 1 is 1.12 bits per heavy atom. The SMILES string of the molecule is CC(C)CC1=CC=C(c2cc(N(C)C)c3c(c2O)C(O)=C2C(=O)[C@]4(O)C(O)=C(C(N)=O)C(=O)[C@@H](N(C)C)[C@@H]4C[C@@H]2C3)C1. The highest BCUT2D eigenvalue weighted by atomic mass is 16.3. The fraction of sp³-hybridized carbons (Fsp3) is 0.469. The predicted molar refractivity (Wildman–Crippen MR) is 159 cm³/mol. The molecule has 0 saturated heterocycles. The van der Waals surface area contributed by atoms with E-state index >= 15 is 0 Å². The molecule has 1 aromatic rings. The van der Waals surface area contributed by atoms with E-state index in [4.69, 9.17) is 5.73 Å². The molecule has 1 fully saturated rings. The summed E-state index contributed by atoms with van der Waals surface area (Å²) in [5.41, 5.74) is 5.92. The number of ketones is 2. The lowest BCUT2D eigenvalue weighted by molar-refractivity contribution is -0.153. The maximum absolute atomic E-state index is 14.2. The number of nitrogens with zero attached hydrogens (tertiary/aromatic N) is 2. The third-order valence-corrected chi connectivity index (χ3v) is 9.13. The largest absolute Gasteiger partial charge is 0.508 e. The van der Waals surface area contributed by atoms with E-state index in [0.29, 0.717) is 23.5 Å². The molecule has 5 rings (SSSR count). The second kappa shape index (κ2) is 10.1. The molecule has 42 heavy (non-hydrogen) atoms. The number of allylic oxidation sites excluding steroid dienone is 4. The van der Waals surface area contributed by atoms with Gasteiger partial charge in [0, 0.05) is 36.8 Å². The van der Waals surface area contributed by atoms with Gasteiger partial charge < -0.3 is 31.1 Å². The van der Waals surface area contributed by atoms with Crippen molar-refractivity contribution in [3.63, 3.8) is 0 Å². The van der Waals surface area contributed by atoms with Crippen molar-refractivity contribution in [1.82, 2.24) is 4.90 Å². The number of hydrogen-bond acceptors (Lipinski definition) is 9. The molecule has 10 nitrogen and oxygen atoms in total. The fourth-order valence-corrected chi connectivity index (χ4v) is 7.37. The number of phenolic OH excluding ortho intramolecular Hbond substituents is 1. The molecule has 0 aromatic heterocycles. The molecule has 1 aromatic carbocycles. The Morgan fingerprint density at radius 2 is 1.79 bits per heavy atom. The number of rotatable bonds is 6. The van der Waals surface area contributed by atoms with E-state index in [0.717, 1.165) is 17.7 Å². The number of phenols is 1. The molecule has 0 spiro atoms. The molecule has 1 amide bonds. The van der Waals surface area contributed by atoms with Gasteiger partial charge in [-0.05, 0) is 68.8 Å². The summed E-state index contributed by atoms with van der Waals surface area (Å²) in [7, 11) is 6.88. The van der Waals surface area contributed by atoms with Crippen molar-refractivity contribution in [1.29, 1.82) is 0 Å². The summed E-state index contributed by atoms with van der Waals surface area (Å²) in [6.07, 6.45) is 5.86. The molecule has 0 heterocycles. The van der Waals surface area contributed by atoms with Crippen LogP contribution in [0.2, 0.25) is 0 Å². The Labute approximate surface area is 245 Å². The lowest BCUT2D eigenvalue weighted by atomic mass is 9.57. The maximum atomic E-state index is 14.2. The maximum Gasteiger partial charge on any atom is 0.255 e. The number of aliphatic hydroxyl groups is 3. The Bertz CT molecular complexity index is 1550. The van der Waals surface area contributed by atoms with Gasteiger partial charge in [0.25, 0.3) is 5.91 Å². The third kappa shape index (κ3) is 4.19. The van der Waals surface area contributed by atoms with Crippen LogP contribution in [0.15, 0.2) is 40.7 Å². The van der Waals surface area contributed by atoms with E-state index in [9.17, 15) is 34.8 Å². The van der Waals surface area contributed by atoms with E-state index in [1.165, 1.54) is 10.5 Å². The Kier molecular flexibility index (Phi) is 7.14. The summed E-state index contributed by atoms with van der Waals surface area (Å²) >= 11 is 0. The van der Waals surface area contributed by atoms with Crippen molar-refractivity contribution < 1.29 is 34.8 Å². The molecule has 0 radical (unpaired) electrons. The van der Waals surface area contributed by atoms with Gasteiger partial charge in [0.2, 0.25) is 5.78 Å². The lowest BCUT2D eigenvalue weighted by Gasteiger charge is -2.50. The topological polar surface area (TPSA) is 165 Å². The van der Waals surface area contributed by atoms with Gasteiger partial charge in [-0.1, -0.05) is 31.6 Å². The first-order chi connectivity index (χ1) is 19.6. The minimum atomic E-state index is -2.66. The van der Waals surface area contributed by atoms with Crippen LogP contribution in [0.4, 0.5) is 5.69 Å². The van der Waals surface area contributed by atoms with Gasteiger partial charge in [0.15, 0.2) is 11.4 Å². The number of anilines is 1. The molecule has 0 bridgehead atoms. The molecule has 0 unspecified atom stereocenters. The highest BCUT2D eigenvalue weighted by Crippen LogP contribution is 2.55. The molecule has 224 valence electrons. The van der Waals surface area contributed by atoms with Gasteiger partial charge in [-0.25, -0.2) is 0 Å². The number of Topliss-reactive ketones (excluding diaryl/α,β-unsaturated/α-hetero) is 2. The van der Waals surface area contributed by atoms with Gasteiger partial charge in [-0.2, -0.15) is 0 Å². The van der Waals surface area contributed by atoms with E-state index in [1.54, 1.807) is 14.1 Å². The summed E-state index contributed by atoms with van der Waals surface area (Å²) in [6, 6.07) is 0.777. The van der Waals surface area contributed by atoms with Gasteiger partial charge >= 0.3 is 0 Å². The average Bonchev–Trinajstić information content (AvgIpc) is 3.33. The second-order valence-corrected chi connectivity index (χ2v) is 12.8. The summed E-state index contributed by atoms with van der Waals surface area (Å²) in [5, 5.41) is 46.2. The van der Waals surface area contributed by atoms with Crippen molar-refractivity contribution in [2.45, 2.75) is 51.2 Å². The quantitative estimate of drug-likeness (QED) is 0.320. The first-order valence-electron chi connectivity index (χ1n) is 14.2.